The number of rotatable bonds is 8. The van der Waals surface area contributed by atoms with Gasteiger partial charge in [-0.15, -0.1) is 0 Å². The summed E-state index contributed by atoms with van der Waals surface area (Å²) in [6.45, 7) is 4.86. The molecule has 0 saturated heterocycles. The second kappa shape index (κ2) is 8.97. The van der Waals surface area contributed by atoms with E-state index in [2.05, 4.69) is 21.8 Å². The minimum atomic E-state index is -0.231. The molecule has 0 radical (unpaired) electrons. The predicted octanol–water partition coefficient (Wildman–Crippen LogP) is 3.21. The topological polar surface area (TPSA) is 73.8 Å². The zero-order chi connectivity index (χ0) is 20.1. The Balaban J connectivity index is 1.66. The lowest BCUT2D eigenvalue weighted by Crippen LogP contribution is -2.23. The molecule has 0 unspecified atom stereocenters. The molecule has 1 aromatic carbocycles. The highest BCUT2D eigenvalue weighted by Crippen LogP contribution is 2.18. The fraction of sp³-hybridized carbons (Fsp3) is 0.350. The van der Waals surface area contributed by atoms with Crippen molar-refractivity contribution < 1.29 is 4.79 Å². The standard InChI is InChI=1S/C20H25N5O2S/c1-4-12-24-13-11-21-20(24)28-14-10-17(26)22-18-15(2)23(3)25(19(18)27)16-8-6-5-7-9-16/h5-9,11,13H,4,10,12,14H2,1-3H3,(H,22,26). The summed E-state index contributed by atoms with van der Waals surface area (Å²) in [6, 6.07) is 9.38. The first-order valence-electron chi connectivity index (χ1n) is 9.30. The molecule has 2 aromatic heterocycles. The number of anilines is 1. The van der Waals surface area contributed by atoms with Crippen LogP contribution in [0.25, 0.3) is 5.69 Å². The second-order valence-electron chi connectivity index (χ2n) is 6.49. The van der Waals surface area contributed by atoms with Crippen LogP contribution in [0.15, 0.2) is 52.7 Å². The number of thioether (sulfide) groups is 1. The van der Waals surface area contributed by atoms with Gasteiger partial charge in [-0.3, -0.25) is 14.3 Å². The third kappa shape index (κ3) is 4.22. The molecule has 0 aliphatic heterocycles. The second-order valence-corrected chi connectivity index (χ2v) is 7.55. The number of aromatic nitrogens is 4. The van der Waals surface area contributed by atoms with E-state index in [4.69, 9.17) is 0 Å². The Bertz CT molecular complexity index is 1000. The SMILES string of the molecule is CCCn1ccnc1SCCC(=O)Nc1c(C)n(C)n(-c2ccccc2)c1=O. The lowest BCUT2D eigenvalue weighted by molar-refractivity contribution is -0.115. The van der Waals surface area contributed by atoms with Gasteiger partial charge in [0.2, 0.25) is 5.91 Å². The number of aryl methyl sites for hydroxylation is 1. The normalized spacial score (nSPS) is 11.0. The highest BCUT2D eigenvalue weighted by Gasteiger charge is 2.18. The molecule has 1 N–H and O–H groups in total. The van der Waals surface area contributed by atoms with Crippen LogP contribution in [0.2, 0.25) is 0 Å². The first kappa shape index (κ1) is 20.0. The smallest absolute Gasteiger partial charge is 0.295 e. The summed E-state index contributed by atoms with van der Waals surface area (Å²) in [6.07, 6.45) is 5.07. The summed E-state index contributed by atoms with van der Waals surface area (Å²) < 4.78 is 5.40. The lowest BCUT2D eigenvalue weighted by Gasteiger charge is -2.07. The van der Waals surface area contributed by atoms with E-state index in [1.807, 2.05) is 50.5 Å². The quantitative estimate of drug-likeness (QED) is 0.590. The van der Waals surface area contributed by atoms with E-state index in [9.17, 15) is 9.59 Å². The van der Waals surface area contributed by atoms with Crippen molar-refractivity contribution >= 4 is 23.4 Å². The van der Waals surface area contributed by atoms with E-state index >= 15 is 0 Å². The van der Waals surface area contributed by atoms with Crippen LogP contribution in [0.4, 0.5) is 5.69 Å². The van der Waals surface area contributed by atoms with Crippen LogP contribution in [0.5, 0.6) is 0 Å². The molecule has 7 nitrogen and oxygen atoms in total. The number of carbonyl (C=O) groups excluding carboxylic acids is 1. The lowest BCUT2D eigenvalue weighted by atomic mass is 10.3. The van der Waals surface area contributed by atoms with Gasteiger partial charge in [-0.2, -0.15) is 0 Å². The number of nitrogens with one attached hydrogen (secondary N) is 1. The van der Waals surface area contributed by atoms with Crippen LogP contribution >= 0.6 is 11.8 Å². The van der Waals surface area contributed by atoms with Gasteiger partial charge in [0, 0.05) is 38.2 Å². The van der Waals surface area contributed by atoms with Crippen LogP contribution in [-0.4, -0.2) is 30.6 Å². The Morgan fingerprint density at radius 2 is 2.00 bits per heavy atom. The fourth-order valence-electron chi connectivity index (χ4n) is 3.00. The van der Waals surface area contributed by atoms with Gasteiger partial charge in [0.05, 0.1) is 11.4 Å². The molecule has 0 fully saturated rings. The van der Waals surface area contributed by atoms with E-state index in [1.165, 1.54) is 0 Å². The Morgan fingerprint density at radius 3 is 2.71 bits per heavy atom. The zero-order valence-electron chi connectivity index (χ0n) is 16.4. The molecule has 28 heavy (non-hydrogen) atoms. The summed E-state index contributed by atoms with van der Waals surface area (Å²) in [5.74, 6) is 0.429. The van der Waals surface area contributed by atoms with Gasteiger partial charge < -0.3 is 9.88 Å². The maximum Gasteiger partial charge on any atom is 0.295 e. The largest absolute Gasteiger partial charge is 0.326 e. The molecule has 1 amide bonds. The molecule has 0 aliphatic rings. The maximum atomic E-state index is 12.8. The molecule has 0 atom stereocenters. The van der Waals surface area contributed by atoms with E-state index in [0.717, 1.165) is 23.8 Å². The molecule has 148 valence electrons. The van der Waals surface area contributed by atoms with E-state index in [1.54, 1.807) is 27.3 Å². The van der Waals surface area contributed by atoms with Gasteiger partial charge in [0.15, 0.2) is 5.16 Å². The van der Waals surface area contributed by atoms with Crippen molar-refractivity contribution in [1.82, 2.24) is 18.9 Å². The molecule has 2 heterocycles. The van der Waals surface area contributed by atoms with Crippen molar-refractivity contribution in [2.75, 3.05) is 11.1 Å². The number of hydrogen-bond donors (Lipinski definition) is 1. The van der Waals surface area contributed by atoms with Crippen LogP contribution in [0, 0.1) is 6.92 Å². The van der Waals surface area contributed by atoms with Gasteiger partial charge >= 0.3 is 0 Å². The number of carbonyl (C=O) groups is 1. The van der Waals surface area contributed by atoms with Crippen molar-refractivity contribution in [2.24, 2.45) is 7.05 Å². The predicted molar refractivity (Wildman–Crippen MR) is 112 cm³/mol. The molecule has 3 rings (SSSR count). The number of benzene rings is 1. The zero-order valence-corrected chi connectivity index (χ0v) is 17.2. The third-order valence-electron chi connectivity index (χ3n) is 4.52. The summed E-state index contributed by atoms with van der Waals surface area (Å²) in [7, 11) is 1.81. The number of para-hydroxylation sites is 1. The Labute approximate surface area is 168 Å². The third-order valence-corrected chi connectivity index (χ3v) is 5.53. The molecule has 8 heteroatoms. The summed E-state index contributed by atoms with van der Waals surface area (Å²) in [4.78, 5) is 29.6. The average Bonchev–Trinajstić information content (AvgIpc) is 3.21. The van der Waals surface area contributed by atoms with E-state index in [0.29, 0.717) is 23.6 Å². The number of nitrogens with zero attached hydrogens (tertiary/aromatic N) is 4. The Hall–Kier alpha value is -2.74. The van der Waals surface area contributed by atoms with E-state index in [-0.39, 0.29) is 11.5 Å². The van der Waals surface area contributed by atoms with Crippen molar-refractivity contribution in [3.05, 3.63) is 58.8 Å². The first-order valence-corrected chi connectivity index (χ1v) is 10.3. The molecule has 0 aliphatic carbocycles. The molecule has 0 spiro atoms. The summed E-state index contributed by atoms with van der Waals surface area (Å²) in [5.41, 5.74) is 1.57. The number of imidazole rings is 1. The number of hydrogen-bond acceptors (Lipinski definition) is 4. The minimum absolute atomic E-state index is 0.174. The monoisotopic (exact) mass is 399 g/mol. The van der Waals surface area contributed by atoms with Crippen molar-refractivity contribution in [1.29, 1.82) is 0 Å². The molecule has 3 aromatic rings. The van der Waals surface area contributed by atoms with Gasteiger partial charge in [0.25, 0.3) is 5.56 Å². The fourth-order valence-corrected chi connectivity index (χ4v) is 3.92. The van der Waals surface area contributed by atoms with Gasteiger partial charge in [-0.05, 0) is 25.5 Å². The highest BCUT2D eigenvalue weighted by atomic mass is 32.2. The number of amides is 1. The van der Waals surface area contributed by atoms with Crippen LogP contribution in [-0.2, 0) is 18.4 Å². The maximum absolute atomic E-state index is 12.8. The van der Waals surface area contributed by atoms with Crippen LogP contribution in [0.3, 0.4) is 0 Å². The highest BCUT2D eigenvalue weighted by molar-refractivity contribution is 7.99. The summed E-state index contributed by atoms with van der Waals surface area (Å²) >= 11 is 1.55. The van der Waals surface area contributed by atoms with Crippen molar-refractivity contribution in [3.63, 3.8) is 0 Å². The van der Waals surface area contributed by atoms with Gasteiger partial charge in [-0.25, -0.2) is 9.67 Å². The van der Waals surface area contributed by atoms with Gasteiger partial charge in [0.1, 0.15) is 5.69 Å². The Kier molecular flexibility index (Phi) is 6.41. The van der Waals surface area contributed by atoms with Crippen molar-refractivity contribution in [3.8, 4) is 5.69 Å². The minimum Gasteiger partial charge on any atom is -0.326 e. The molecule has 0 saturated carbocycles. The molecular weight excluding hydrogens is 374 g/mol. The van der Waals surface area contributed by atoms with Crippen LogP contribution in [0.1, 0.15) is 25.5 Å². The van der Waals surface area contributed by atoms with Crippen molar-refractivity contribution in [2.45, 2.75) is 38.4 Å². The van der Waals surface area contributed by atoms with Crippen LogP contribution < -0.4 is 10.9 Å². The molecule has 0 bridgehead atoms. The Morgan fingerprint density at radius 1 is 1.25 bits per heavy atom. The van der Waals surface area contributed by atoms with E-state index < -0.39 is 0 Å². The summed E-state index contributed by atoms with van der Waals surface area (Å²) in [5, 5.41) is 3.71. The first-order chi connectivity index (χ1) is 13.5. The average molecular weight is 400 g/mol. The van der Waals surface area contributed by atoms with Gasteiger partial charge in [-0.1, -0.05) is 36.9 Å². The molecular formula is C20H25N5O2S.